The van der Waals surface area contributed by atoms with E-state index in [2.05, 4.69) is 16.7 Å². The van der Waals surface area contributed by atoms with Crippen LogP contribution in [0.4, 0.5) is 11.9 Å². The van der Waals surface area contributed by atoms with Crippen molar-refractivity contribution in [3.63, 3.8) is 0 Å². The third-order valence-electron chi connectivity index (χ3n) is 5.98. The summed E-state index contributed by atoms with van der Waals surface area (Å²) in [6, 6.07) is -0.430. The Morgan fingerprint density at radius 3 is 2.57 bits per heavy atom. The molecule has 2 fully saturated rings. The van der Waals surface area contributed by atoms with E-state index in [4.69, 9.17) is 14.7 Å². The van der Waals surface area contributed by atoms with Crippen LogP contribution < -0.4 is 15.4 Å². The number of hydrogen-bond acceptors (Lipinski definition) is 7. The highest BCUT2D eigenvalue weighted by Gasteiger charge is 2.35. The first-order valence-electron chi connectivity index (χ1n) is 10.5. The van der Waals surface area contributed by atoms with Crippen LogP contribution in [0.1, 0.15) is 39.0 Å². The summed E-state index contributed by atoms with van der Waals surface area (Å²) in [6.07, 6.45) is 4.94. The van der Waals surface area contributed by atoms with Crippen molar-refractivity contribution in [3.8, 4) is 11.8 Å². The number of esters is 1. The summed E-state index contributed by atoms with van der Waals surface area (Å²) >= 11 is 0. The number of carbonyl (C=O) groups is 1. The maximum Gasteiger partial charge on any atom is 0.328 e. The number of anilines is 2. The largest absolute Gasteiger partial charge is 0.467 e. The second-order valence-corrected chi connectivity index (χ2v) is 7.80. The Kier molecular flexibility index (Phi) is 5.66. The number of carbonyl (C=O) groups excluding carboxylic acids is 1. The second kappa shape index (κ2) is 8.38. The first kappa shape index (κ1) is 20.3. The van der Waals surface area contributed by atoms with Gasteiger partial charge in [0.25, 0.3) is 5.56 Å². The highest BCUT2D eigenvalue weighted by Crippen LogP contribution is 2.27. The van der Waals surface area contributed by atoms with E-state index in [0.29, 0.717) is 36.6 Å². The van der Waals surface area contributed by atoms with Crippen molar-refractivity contribution >= 4 is 29.0 Å². The highest BCUT2D eigenvalue weighted by molar-refractivity contribution is 5.81. The lowest BCUT2D eigenvalue weighted by atomic mass is 10.1. The van der Waals surface area contributed by atoms with Crippen molar-refractivity contribution in [1.82, 2.24) is 19.1 Å². The van der Waals surface area contributed by atoms with E-state index < -0.39 is 6.04 Å². The molecule has 2 aromatic heterocycles. The van der Waals surface area contributed by atoms with Crippen molar-refractivity contribution in [2.24, 2.45) is 7.05 Å². The van der Waals surface area contributed by atoms with E-state index in [0.717, 1.165) is 38.3 Å². The number of nitrogens with zero attached hydrogens (tertiary/aromatic N) is 6. The molecule has 30 heavy (non-hydrogen) atoms. The summed E-state index contributed by atoms with van der Waals surface area (Å²) < 4.78 is 8.35. The monoisotopic (exact) mass is 412 g/mol. The fourth-order valence-electron chi connectivity index (χ4n) is 4.42. The number of ether oxygens (including phenoxy) is 1. The zero-order valence-corrected chi connectivity index (χ0v) is 17.8. The van der Waals surface area contributed by atoms with Crippen LogP contribution in [0.3, 0.4) is 0 Å². The predicted molar refractivity (Wildman–Crippen MR) is 115 cm³/mol. The number of piperidine rings is 1. The molecule has 0 saturated carbocycles. The molecule has 2 aliphatic heterocycles. The molecule has 0 radical (unpaired) electrons. The summed E-state index contributed by atoms with van der Waals surface area (Å²) in [6.45, 7) is 4.64. The molecule has 2 saturated heterocycles. The molecule has 0 aliphatic carbocycles. The Morgan fingerprint density at radius 1 is 1.13 bits per heavy atom. The van der Waals surface area contributed by atoms with E-state index in [1.54, 1.807) is 14.0 Å². The van der Waals surface area contributed by atoms with Gasteiger partial charge in [0.05, 0.1) is 13.7 Å². The van der Waals surface area contributed by atoms with Gasteiger partial charge in [-0.15, -0.1) is 5.92 Å². The molecule has 2 aliphatic rings. The zero-order valence-electron chi connectivity index (χ0n) is 17.8. The van der Waals surface area contributed by atoms with Crippen LogP contribution in [-0.2, 0) is 23.1 Å². The van der Waals surface area contributed by atoms with Gasteiger partial charge in [-0.2, -0.15) is 9.97 Å². The van der Waals surface area contributed by atoms with Gasteiger partial charge in [0, 0.05) is 26.7 Å². The number of aromatic nitrogens is 4. The molecule has 0 aromatic carbocycles. The number of rotatable bonds is 4. The first-order valence-corrected chi connectivity index (χ1v) is 10.5. The van der Waals surface area contributed by atoms with Crippen LogP contribution in [0.2, 0.25) is 0 Å². The van der Waals surface area contributed by atoms with Gasteiger partial charge in [-0.3, -0.25) is 13.9 Å². The van der Waals surface area contributed by atoms with Crippen LogP contribution in [0.5, 0.6) is 0 Å². The fourth-order valence-corrected chi connectivity index (χ4v) is 4.42. The molecular formula is C21H28N6O3. The van der Waals surface area contributed by atoms with Crippen LogP contribution in [0, 0.1) is 11.8 Å². The Hall–Kier alpha value is -3.02. The fraction of sp³-hybridized carbons (Fsp3) is 0.619. The lowest BCUT2D eigenvalue weighted by Gasteiger charge is -2.27. The zero-order chi connectivity index (χ0) is 21.3. The van der Waals surface area contributed by atoms with Gasteiger partial charge >= 0.3 is 5.97 Å². The number of hydrogen-bond donors (Lipinski definition) is 0. The van der Waals surface area contributed by atoms with Gasteiger partial charge < -0.3 is 14.5 Å². The van der Waals surface area contributed by atoms with E-state index in [-0.39, 0.29) is 11.5 Å². The minimum Gasteiger partial charge on any atom is -0.467 e. The van der Waals surface area contributed by atoms with E-state index in [1.807, 2.05) is 9.47 Å². The predicted octanol–water partition coefficient (Wildman–Crippen LogP) is 1.29. The molecular weight excluding hydrogens is 384 g/mol. The van der Waals surface area contributed by atoms with Gasteiger partial charge in [-0.05, 0) is 39.0 Å². The van der Waals surface area contributed by atoms with Crippen LogP contribution >= 0.6 is 0 Å². The van der Waals surface area contributed by atoms with Gasteiger partial charge in [0.15, 0.2) is 11.2 Å². The van der Waals surface area contributed by atoms with Gasteiger partial charge in [0.1, 0.15) is 6.04 Å². The van der Waals surface area contributed by atoms with E-state index >= 15 is 0 Å². The molecule has 4 heterocycles. The molecule has 0 unspecified atom stereocenters. The van der Waals surface area contributed by atoms with Crippen LogP contribution in [-0.4, -0.2) is 57.9 Å². The number of methoxy groups -OCH3 is 1. The molecule has 1 atom stereocenters. The number of imidazole rings is 1. The molecule has 0 spiro atoms. The summed E-state index contributed by atoms with van der Waals surface area (Å²) in [5.41, 5.74) is 0.680. The van der Waals surface area contributed by atoms with Crippen molar-refractivity contribution in [3.05, 3.63) is 10.4 Å². The van der Waals surface area contributed by atoms with Crippen molar-refractivity contribution in [2.45, 2.75) is 51.6 Å². The molecule has 2 aromatic rings. The Labute approximate surface area is 175 Å². The van der Waals surface area contributed by atoms with Gasteiger partial charge in [-0.1, -0.05) is 5.92 Å². The average molecular weight is 412 g/mol. The van der Waals surface area contributed by atoms with Crippen molar-refractivity contribution < 1.29 is 9.53 Å². The molecule has 4 rings (SSSR count). The molecule has 0 bridgehead atoms. The van der Waals surface area contributed by atoms with Crippen LogP contribution in [0.25, 0.3) is 11.2 Å². The van der Waals surface area contributed by atoms with Crippen LogP contribution in [0.15, 0.2) is 4.79 Å². The quantitative estimate of drug-likeness (QED) is 0.552. The van der Waals surface area contributed by atoms with E-state index in [9.17, 15) is 9.59 Å². The lowest BCUT2D eigenvalue weighted by molar-refractivity contribution is -0.141. The lowest BCUT2D eigenvalue weighted by Crippen LogP contribution is -2.40. The minimum atomic E-state index is -0.430. The summed E-state index contributed by atoms with van der Waals surface area (Å²) in [5.74, 6) is 6.88. The van der Waals surface area contributed by atoms with Crippen molar-refractivity contribution in [2.75, 3.05) is 36.5 Å². The summed E-state index contributed by atoms with van der Waals surface area (Å²) in [5, 5.41) is 0. The Bertz CT molecular complexity index is 1070. The minimum absolute atomic E-state index is 0.181. The Balaban J connectivity index is 1.86. The molecule has 160 valence electrons. The molecule has 9 nitrogen and oxygen atoms in total. The third-order valence-corrected chi connectivity index (χ3v) is 5.98. The van der Waals surface area contributed by atoms with E-state index in [1.165, 1.54) is 18.1 Å². The summed E-state index contributed by atoms with van der Waals surface area (Å²) in [7, 11) is 3.08. The normalized spacial score (nSPS) is 19.1. The summed E-state index contributed by atoms with van der Waals surface area (Å²) in [4.78, 5) is 39.2. The topological polar surface area (TPSA) is 85.5 Å². The highest BCUT2D eigenvalue weighted by atomic mass is 16.5. The maximum absolute atomic E-state index is 13.4. The van der Waals surface area contributed by atoms with Gasteiger partial charge in [-0.25, -0.2) is 4.79 Å². The third kappa shape index (κ3) is 3.40. The molecule has 0 N–H and O–H groups in total. The van der Waals surface area contributed by atoms with Crippen molar-refractivity contribution in [1.29, 1.82) is 0 Å². The standard InChI is InChI=1S/C21H28N6O3/c1-4-5-13-27-16-17(23-21(27)25-11-7-6-8-12-25)22-20(24(2)18(16)28)26-14-9-10-15(26)19(29)30-3/h15H,6-14H2,1-3H3/t15-/m0/s1. The second-order valence-electron chi connectivity index (χ2n) is 7.80. The Morgan fingerprint density at radius 2 is 1.87 bits per heavy atom. The SMILES string of the molecule is CC#CCn1c(N2CCCCC2)nc2nc(N3CCC[C@H]3C(=O)OC)n(C)c(=O)c21. The molecule has 0 amide bonds. The number of fused-ring (bicyclic) bond motifs is 1. The maximum atomic E-state index is 13.4. The first-order chi connectivity index (χ1) is 14.6. The molecule has 9 heteroatoms. The average Bonchev–Trinajstić information content (AvgIpc) is 3.39. The van der Waals surface area contributed by atoms with Gasteiger partial charge in [0.2, 0.25) is 11.9 Å². The smallest absolute Gasteiger partial charge is 0.328 e.